The Morgan fingerprint density at radius 2 is 2.00 bits per heavy atom. The van der Waals surface area contributed by atoms with Crippen LogP contribution in [0.3, 0.4) is 0 Å². The minimum atomic E-state index is -3.53. The third-order valence-electron chi connectivity index (χ3n) is 3.99. The van der Waals surface area contributed by atoms with Gasteiger partial charge >= 0.3 is 0 Å². The standard InChI is InChI=1S/C13H15N3O2S.ClH/c1-8-2-3-9(5-14)4-12(8)19(17,18)16-13-10-6-15-7-11(10)13;/h2-4,10-11,13,15-16H,6-7H2,1H3;1H. The molecule has 0 spiro atoms. The molecule has 7 heteroatoms. The number of halogens is 1. The second-order valence-electron chi connectivity index (χ2n) is 5.23. The van der Waals surface area contributed by atoms with E-state index in [1.165, 1.54) is 6.07 Å². The summed E-state index contributed by atoms with van der Waals surface area (Å²) in [6.07, 6.45) is 0. The van der Waals surface area contributed by atoms with Crippen LogP contribution in [-0.2, 0) is 10.0 Å². The number of hydrogen-bond acceptors (Lipinski definition) is 4. The zero-order valence-electron chi connectivity index (χ0n) is 11.0. The number of rotatable bonds is 3. The van der Waals surface area contributed by atoms with Gasteiger partial charge in [-0.1, -0.05) is 6.07 Å². The molecule has 2 unspecified atom stereocenters. The van der Waals surface area contributed by atoms with Crippen molar-refractivity contribution in [3.8, 4) is 6.07 Å². The first kappa shape index (κ1) is 15.3. The van der Waals surface area contributed by atoms with E-state index >= 15 is 0 Å². The predicted molar refractivity (Wildman–Crippen MR) is 77.1 cm³/mol. The summed E-state index contributed by atoms with van der Waals surface area (Å²) < 4.78 is 27.5. The van der Waals surface area contributed by atoms with Gasteiger partial charge in [-0.05, 0) is 49.5 Å². The summed E-state index contributed by atoms with van der Waals surface area (Å²) in [5.74, 6) is 0.850. The van der Waals surface area contributed by atoms with Gasteiger partial charge in [0.05, 0.1) is 16.5 Å². The van der Waals surface area contributed by atoms with Crippen molar-refractivity contribution in [2.45, 2.75) is 17.9 Å². The fourth-order valence-corrected chi connectivity index (χ4v) is 4.40. The van der Waals surface area contributed by atoms with Gasteiger partial charge in [0.15, 0.2) is 0 Å². The molecule has 0 amide bonds. The molecular formula is C13H16ClN3O2S. The lowest BCUT2D eigenvalue weighted by molar-refractivity contribution is 0.564. The maximum atomic E-state index is 12.4. The van der Waals surface area contributed by atoms with Crippen LogP contribution in [0.15, 0.2) is 23.1 Å². The summed E-state index contributed by atoms with van der Waals surface area (Å²) in [4.78, 5) is 0.212. The molecule has 3 rings (SSSR count). The molecule has 1 saturated carbocycles. The lowest BCUT2D eigenvalue weighted by atomic mass is 10.2. The number of nitriles is 1. The van der Waals surface area contributed by atoms with Crippen molar-refractivity contribution in [1.29, 1.82) is 5.26 Å². The lowest BCUT2D eigenvalue weighted by Crippen LogP contribution is -2.32. The van der Waals surface area contributed by atoms with Crippen LogP contribution >= 0.6 is 12.4 Å². The minimum Gasteiger partial charge on any atom is -0.316 e. The maximum absolute atomic E-state index is 12.4. The number of sulfonamides is 1. The highest BCUT2D eigenvalue weighted by atomic mass is 35.5. The molecule has 1 aliphatic carbocycles. The number of aryl methyl sites for hydroxylation is 1. The van der Waals surface area contributed by atoms with Crippen LogP contribution < -0.4 is 10.0 Å². The second kappa shape index (κ2) is 5.34. The number of hydrogen-bond donors (Lipinski definition) is 2. The summed E-state index contributed by atoms with van der Waals surface area (Å²) in [6.45, 7) is 3.51. The fourth-order valence-electron chi connectivity index (χ4n) is 2.79. The Morgan fingerprint density at radius 3 is 2.60 bits per heavy atom. The third-order valence-corrected chi connectivity index (χ3v) is 5.59. The Hall–Kier alpha value is -1.13. The van der Waals surface area contributed by atoms with E-state index in [1.807, 2.05) is 6.07 Å². The van der Waals surface area contributed by atoms with E-state index in [0.717, 1.165) is 13.1 Å². The maximum Gasteiger partial charge on any atom is 0.241 e. The van der Waals surface area contributed by atoms with E-state index in [1.54, 1.807) is 19.1 Å². The second-order valence-corrected chi connectivity index (χ2v) is 6.91. The third kappa shape index (κ3) is 2.54. The van der Waals surface area contributed by atoms with E-state index in [2.05, 4.69) is 10.0 Å². The quantitative estimate of drug-likeness (QED) is 0.864. The molecule has 0 radical (unpaired) electrons. The van der Waals surface area contributed by atoms with Crippen molar-refractivity contribution in [2.24, 2.45) is 11.8 Å². The Labute approximate surface area is 124 Å². The van der Waals surface area contributed by atoms with Crippen LogP contribution in [-0.4, -0.2) is 27.5 Å². The first-order chi connectivity index (χ1) is 9.03. The highest BCUT2D eigenvalue weighted by Crippen LogP contribution is 2.42. The normalized spacial score (nSPS) is 27.3. The van der Waals surface area contributed by atoms with Crippen molar-refractivity contribution >= 4 is 22.4 Å². The van der Waals surface area contributed by atoms with E-state index in [9.17, 15) is 8.42 Å². The first-order valence-corrected chi connectivity index (χ1v) is 7.75. The topological polar surface area (TPSA) is 82.0 Å². The highest BCUT2D eigenvalue weighted by molar-refractivity contribution is 7.89. The molecule has 2 N–H and O–H groups in total. The Kier molecular flexibility index (Phi) is 4.07. The molecule has 1 aromatic rings. The van der Waals surface area contributed by atoms with Crippen molar-refractivity contribution < 1.29 is 8.42 Å². The smallest absolute Gasteiger partial charge is 0.241 e. The van der Waals surface area contributed by atoms with Gasteiger partial charge in [0.1, 0.15) is 0 Å². The summed E-state index contributed by atoms with van der Waals surface area (Å²) in [5.41, 5.74) is 1.03. The molecule has 1 aromatic carbocycles. The molecule has 1 aliphatic heterocycles. The van der Waals surface area contributed by atoms with Crippen LogP contribution in [0.5, 0.6) is 0 Å². The predicted octanol–water partition coefficient (Wildman–Crippen LogP) is 0.785. The highest BCUT2D eigenvalue weighted by Gasteiger charge is 2.54. The van der Waals surface area contributed by atoms with Crippen molar-refractivity contribution in [1.82, 2.24) is 10.0 Å². The summed E-state index contributed by atoms with van der Waals surface area (Å²) in [6, 6.07) is 6.76. The summed E-state index contributed by atoms with van der Waals surface area (Å²) >= 11 is 0. The number of nitrogens with one attached hydrogen (secondary N) is 2. The largest absolute Gasteiger partial charge is 0.316 e. The molecule has 5 nitrogen and oxygen atoms in total. The van der Waals surface area contributed by atoms with E-state index in [0.29, 0.717) is 23.0 Å². The number of fused-ring (bicyclic) bond motifs is 1. The molecule has 0 bridgehead atoms. The first-order valence-electron chi connectivity index (χ1n) is 6.27. The fraction of sp³-hybridized carbons (Fsp3) is 0.462. The van der Waals surface area contributed by atoms with Crippen LogP contribution in [0.4, 0.5) is 0 Å². The van der Waals surface area contributed by atoms with E-state index < -0.39 is 10.0 Å². The van der Waals surface area contributed by atoms with Crippen LogP contribution in [0.2, 0.25) is 0 Å². The van der Waals surface area contributed by atoms with Crippen LogP contribution in [0, 0.1) is 30.1 Å². The molecule has 2 aliphatic rings. The van der Waals surface area contributed by atoms with Crippen LogP contribution in [0.1, 0.15) is 11.1 Å². The number of piperidine rings is 1. The molecule has 1 heterocycles. The number of benzene rings is 1. The van der Waals surface area contributed by atoms with E-state index in [4.69, 9.17) is 5.26 Å². The van der Waals surface area contributed by atoms with Crippen LogP contribution in [0.25, 0.3) is 0 Å². The average molecular weight is 314 g/mol. The van der Waals surface area contributed by atoms with Gasteiger partial charge < -0.3 is 5.32 Å². The van der Waals surface area contributed by atoms with Gasteiger partial charge in [-0.25, -0.2) is 13.1 Å². The molecular weight excluding hydrogens is 298 g/mol. The minimum absolute atomic E-state index is 0. The summed E-state index contributed by atoms with van der Waals surface area (Å²) in [5, 5.41) is 12.1. The zero-order valence-corrected chi connectivity index (χ0v) is 12.6. The van der Waals surface area contributed by atoms with Gasteiger partial charge in [0.25, 0.3) is 0 Å². The monoisotopic (exact) mass is 313 g/mol. The van der Waals surface area contributed by atoms with Crippen molar-refractivity contribution in [3.63, 3.8) is 0 Å². The average Bonchev–Trinajstić information content (AvgIpc) is 2.82. The summed E-state index contributed by atoms with van der Waals surface area (Å²) in [7, 11) is -3.53. The lowest BCUT2D eigenvalue weighted by Gasteiger charge is -2.11. The molecule has 20 heavy (non-hydrogen) atoms. The van der Waals surface area contributed by atoms with Crippen molar-refractivity contribution in [2.75, 3.05) is 13.1 Å². The van der Waals surface area contributed by atoms with Crippen molar-refractivity contribution in [3.05, 3.63) is 29.3 Å². The van der Waals surface area contributed by atoms with Gasteiger partial charge in [0.2, 0.25) is 10.0 Å². The number of nitrogens with zero attached hydrogens (tertiary/aromatic N) is 1. The Balaban J connectivity index is 0.00000147. The van der Waals surface area contributed by atoms with Gasteiger partial charge in [-0.3, -0.25) is 0 Å². The molecule has 108 valence electrons. The van der Waals surface area contributed by atoms with E-state index in [-0.39, 0.29) is 23.3 Å². The zero-order chi connectivity index (χ0) is 13.6. The Morgan fingerprint density at radius 1 is 1.35 bits per heavy atom. The molecule has 0 aromatic heterocycles. The molecule has 2 atom stereocenters. The SMILES string of the molecule is Cc1ccc(C#N)cc1S(=O)(=O)NC1C2CNCC21.Cl. The van der Waals surface area contributed by atoms with Gasteiger partial charge in [-0.2, -0.15) is 5.26 Å². The Bertz CT molecular complexity index is 659. The molecule has 1 saturated heterocycles. The van der Waals surface area contributed by atoms with Gasteiger partial charge in [0, 0.05) is 6.04 Å². The molecule has 2 fully saturated rings. The van der Waals surface area contributed by atoms with Gasteiger partial charge in [-0.15, -0.1) is 12.4 Å².